The van der Waals surface area contributed by atoms with Crippen molar-refractivity contribution in [1.82, 2.24) is 9.97 Å². The van der Waals surface area contributed by atoms with Crippen molar-refractivity contribution >= 4 is 23.4 Å². The zero-order valence-corrected chi connectivity index (χ0v) is 15.0. The Morgan fingerprint density at radius 1 is 1.32 bits per heavy atom. The van der Waals surface area contributed by atoms with E-state index in [-0.39, 0.29) is 5.97 Å². The van der Waals surface area contributed by atoms with Crippen LogP contribution in [0.5, 0.6) is 0 Å². The average molecular weight is 340 g/mol. The van der Waals surface area contributed by atoms with Crippen molar-refractivity contribution in [2.45, 2.75) is 26.7 Å². The number of methoxy groups -OCH3 is 1. The smallest absolute Gasteiger partial charge is 0.337 e. The molecule has 25 heavy (non-hydrogen) atoms. The number of hydrogen-bond donors (Lipinski definition) is 1. The number of ether oxygens (including phenoxy) is 1. The van der Waals surface area contributed by atoms with Crippen molar-refractivity contribution in [1.29, 1.82) is 0 Å². The van der Waals surface area contributed by atoms with E-state index in [1.807, 2.05) is 25.1 Å². The molecule has 1 N–H and O–H groups in total. The van der Waals surface area contributed by atoms with E-state index in [1.54, 1.807) is 12.1 Å². The Bertz CT molecular complexity index is 763. The van der Waals surface area contributed by atoms with Gasteiger partial charge in [-0.05, 0) is 43.9 Å². The van der Waals surface area contributed by atoms with Gasteiger partial charge in [0.15, 0.2) is 0 Å². The molecule has 6 heteroatoms. The fourth-order valence-corrected chi connectivity index (χ4v) is 3.12. The molecule has 0 bridgehead atoms. The molecular weight excluding hydrogens is 316 g/mol. The molecule has 1 aromatic carbocycles. The number of aromatic nitrogens is 2. The van der Waals surface area contributed by atoms with Crippen molar-refractivity contribution in [2.75, 3.05) is 30.4 Å². The minimum Gasteiger partial charge on any atom is -0.465 e. The Balaban J connectivity index is 1.82. The zero-order valence-electron chi connectivity index (χ0n) is 15.0. The van der Waals surface area contributed by atoms with Crippen LogP contribution in [-0.2, 0) is 4.74 Å². The Morgan fingerprint density at radius 3 is 2.92 bits per heavy atom. The van der Waals surface area contributed by atoms with Gasteiger partial charge in [0.2, 0.25) is 5.95 Å². The van der Waals surface area contributed by atoms with Crippen molar-refractivity contribution in [3.63, 3.8) is 0 Å². The van der Waals surface area contributed by atoms with Gasteiger partial charge in [0.05, 0.1) is 12.7 Å². The first-order chi connectivity index (χ1) is 12.0. The summed E-state index contributed by atoms with van der Waals surface area (Å²) in [5.74, 6) is 1.79. The van der Waals surface area contributed by atoms with Gasteiger partial charge in [-0.1, -0.05) is 13.0 Å². The minimum atomic E-state index is -0.356. The number of rotatable bonds is 4. The molecule has 1 saturated heterocycles. The van der Waals surface area contributed by atoms with Crippen LogP contribution < -0.4 is 10.2 Å². The standard InChI is InChI=1S/C19H24N4O2/c1-13-6-5-9-23(12-13)19-20-14(2)10-17(22-19)21-16-8-4-7-15(11-16)18(24)25-3/h4,7-8,10-11,13H,5-6,9,12H2,1-3H3,(H,20,21,22). The maximum Gasteiger partial charge on any atom is 0.337 e. The summed E-state index contributed by atoms with van der Waals surface area (Å²) in [7, 11) is 1.38. The molecular formula is C19H24N4O2. The Kier molecular flexibility index (Phi) is 5.16. The molecule has 1 aromatic heterocycles. The zero-order chi connectivity index (χ0) is 17.8. The molecule has 0 radical (unpaired) electrons. The Morgan fingerprint density at radius 2 is 2.16 bits per heavy atom. The lowest BCUT2D eigenvalue weighted by Crippen LogP contribution is -2.35. The van der Waals surface area contributed by atoms with Crippen LogP contribution in [0.2, 0.25) is 0 Å². The van der Waals surface area contributed by atoms with E-state index in [0.29, 0.717) is 11.5 Å². The number of anilines is 3. The molecule has 1 aliphatic heterocycles. The van der Waals surface area contributed by atoms with Crippen LogP contribution in [0.25, 0.3) is 0 Å². The predicted octanol–water partition coefficient (Wildman–Crippen LogP) is 3.55. The summed E-state index contributed by atoms with van der Waals surface area (Å²) >= 11 is 0. The Labute approximate surface area is 148 Å². The summed E-state index contributed by atoms with van der Waals surface area (Å²) in [6.07, 6.45) is 2.43. The number of aryl methyl sites for hydroxylation is 1. The number of esters is 1. The second-order valence-electron chi connectivity index (χ2n) is 6.59. The number of nitrogens with zero attached hydrogens (tertiary/aromatic N) is 3. The normalized spacial score (nSPS) is 17.2. The predicted molar refractivity (Wildman–Crippen MR) is 98.4 cm³/mol. The Hall–Kier alpha value is -2.63. The van der Waals surface area contributed by atoms with E-state index in [1.165, 1.54) is 20.0 Å². The van der Waals surface area contributed by atoms with Gasteiger partial charge in [-0.25, -0.2) is 9.78 Å². The molecule has 6 nitrogen and oxygen atoms in total. The van der Waals surface area contributed by atoms with E-state index in [9.17, 15) is 4.79 Å². The molecule has 1 atom stereocenters. The molecule has 1 fully saturated rings. The first kappa shape index (κ1) is 17.2. The molecule has 132 valence electrons. The number of hydrogen-bond acceptors (Lipinski definition) is 6. The van der Waals surface area contributed by atoms with Gasteiger partial charge in [0.1, 0.15) is 5.82 Å². The molecule has 1 aliphatic rings. The lowest BCUT2D eigenvalue weighted by atomic mass is 10.0. The van der Waals surface area contributed by atoms with E-state index < -0.39 is 0 Å². The summed E-state index contributed by atoms with van der Waals surface area (Å²) < 4.78 is 4.77. The van der Waals surface area contributed by atoms with E-state index in [2.05, 4.69) is 27.1 Å². The molecule has 0 aliphatic carbocycles. The van der Waals surface area contributed by atoms with Crippen molar-refractivity contribution in [2.24, 2.45) is 5.92 Å². The summed E-state index contributed by atoms with van der Waals surface area (Å²) in [4.78, 5) is 23.2. The summed E-state index contributed by atoms with van der Waals surface area (Å²) in [6, 6.07) is 9.10. The monoisotopic (exact) mass is 340 g/mol. The number of benzene rings is 1. The maximum absolute atomic E-state index is 11.7. The third-order valence-electron chi connectivity index (χ3n) is 4.34. The van der Waals surface area contributed by atoms with Gasteiger partial charge >= 0.3 is 5.97 Å². The van der Waals surface area contributed by atoms with Gasteiger partial charge in [-0.3, -0.25) is 0 Å². The quantitative estimate of drug-likeness (QED) is 0.859. The third-order valence-corrected chi connectivity index (χ3v) is 4.34. The second kappa shape index (κ2) is 7.51. The highest BCUT2D eigenvalue weighted by molar-refractivity contribution is 5.90. The third kappa shape index (κ3) is 4.26. The molecule has 0 amide bonds. The SMILES string of the molecule is COC(=O)c1cccc(Nc2cc(C)nc(N3CCCC(C)C3)n2)c1. The highest BCUT2D eigenvalue weighted by atomic mass is 16.5. The van der Waals surface area contributed by atoms with Crippen LogP contribution in [0.3, 0.4) is 0 Å². The summed E-state index contributed by atoms with van der Waals surface area (Å²) in [6.45, 7) is 6.21. The lowest BCUT2D eigenvalue weighted by molar-refractivity contribution is 0.0601. The number of nitrogens with one attached hydrogen (secondary N) is 1. The van der Waals surface area contributed by atoms with Gasteiger partial charge in [0.25, 0.3) is 0 Å². The molecule has 0 saturated carbocycles. The van der Waals surface area contributed by atoms with Crippen molar-refractivity contribution < 1.29 is 9.53 Å². The highest BCUT2D eigenvalue weighted by Crippen LogP contribution is 2.23. The molecule has 0 spiro atoms. The highest BCUT2D eigenvalue weighted by Gasteiger charge is 2.19. The van der Waals surface area contributed by atoms with Crippen LogP contribution >= 0.6 is 0 Å². The minimum absolute atomic E-state index is 0.356. The van der Waals surface area contributed by atoms with Crippen LogP contribution in [0, 0.1) is 12.8 Å². The van der Waals surface area contributed by atoms with Crippen LogP contribution in [0.15, 0.2) is 30.3 Å². The first-order valence-corrected chi connectivity index (χ1v) is 8.61. The number of carbonyl (C=O) groups is 1. The molecule has 2 aromatic rings. The van der Waals surface area contributed by atoms with Crippen molar-refractivity contribution in [3.05, 3.63) is 41.6 Å². The lowest BCUT2D eigenvalue weighted by Gasteiger charge is -2.31. The molecule has 2 heterocycles. The van der Waals surface area contributed by atoms with Crippen LogP contribution in [0.4, 0.5) is 17.5 Å². The average Bonchev–Trinajstić information content (AvgIpc) is 2.61. The van der Waals surface area contributed by atoms with E-state index in [4.69, 9.17) is 4.74 Å². The topological polar surface area (TPSA) is 67.3 Å². The largest absolute Gasteiger partial charge is 0.465 e. The van der Waals surface area contributed by atoms with Crippen LogP contribution in [0.1, 0.15) is 35.8 Å². The number of piperidine rings is 1. The van der Waals surface area contributed by atoms with Gasteiger partial charge in [-0.15, -0.1) is 0 Å². The van der Waals surface area contributed by atoms with Gasteiger partial charge < -0.3 is 15.0 Å². The summed E-state index contributed by atoms with van der Waals surface area (Å²) in [5, 5.41) is 3.27. The first-order valence-electron chi connectivity index (χ1n) is 8.61. The van der Waals surface area contributed by atoms with Crippen LogP contribution in [-0.4, -0.2) is 36.1 Å². The molecule has 1 unspecified atom stereocenters. The molecule has 3 rings (SSSR count). The summed E-state index contributed by atoms with van der Waals surface area (Å²) in [5.41, 5.74) is 2.21. The number of carbonyl (C=O) groups excluding carboxylic acids is 1. The van der Waals surface area contributed by atoms with E-state index >= 15 is 0 Å². The van der Waals surface area contributed by atoms with Gasteiger partial charge in [-0.2, -0.15) is 4.98 Å². The second-order valence-corrected chi connectivity index (χ2v) is 6.59. The van der Waals surface area contributed by atoms with Crippen molar-refractivity contribution in [3.8, 4) is 0 Å². The maximum atomic E-state index is 11.7. The fraction of sp³-hybridized carbons (Fsp3) is 0.421. The fourth-order valence-electron chi connectivity index (χ4n) is 3.12. The van der Waals surface area contributed by atoms with Gasteiger partial charge in [0, 0.05) is 30.5 Å². The van der Waals surface area contributed by atoms with E-state index in [0.717, 1.165) is 36.2 Å².